The van der Waals surface area contributed by atoms with E-state index in [9.17, 15) is 0 Å². The van der Waals surface area contributed by atoms with E-state index >= 15 is 0 Å². The summed E-state index contributed by atoms with van der Waals surface area (Å²) in [6, 6.07) is 1.96. The van der Waals surface area contributed by atoms with Crippen LogP contribution in [0.4, 0.5) is 5.82 Å². The Balaban J connectivity index is 2.05. The molecule has 0 radical (unpaired) electrons. The minimum absolute atomic E-state index is 0.259. The van der Waals surface area contributed by atoms with Gasteiger partial charge in [-0.15, -0.1) is 0 Å². The Hall–Kier alpha value is -2.42. The summed E-state index contributed by atoms with van der Waals surface area (Å²) in [7, 11) is 0. The van der Waals surface area contributed by atoms with Crippen molar-refractivity contribution < 1.29 is 4.42 Å². The number of aromatic nitrogens is 3. The Bertz CT molecular complexity index is 543. The van der Waals surface area contributed by atoms with Gasteiger partial charge in [0.1, 0.15) is 11.8 Å². The lowest BCUT2D eigenvalue weighted by atomic mass is 10.4. The number of nitrogens with one attached hydrogen (secondary N) is 1. The molecule has 86 valence electrons. The molecule has 0 saturated carbocycles. The summed E-state index contributed by atoms with van der Waals surface area (Å²) < 4.78 is 5.42. The molecule has 0 bridgehead atoms. The average molecular weight is 229 g/mol. The van der Waals surface area contributed by atoms with E-state index in [0.29, 0.717) is 18.3 Å². The van der Waals surface area contributed by atoms with Crippen LogP contribution >= 0.6 is 0 Å². The summed E-state index contributed by atoms with van der Waals surface area (Å²) in [6.45, 7) is 2.38. The molecule has 0 aliphatic heterocycles. The second-order valence-corrected chi connectivity index (χ2v) is 3.29. The Morgan fingerprint density at radius 1 is 1.35 bits per heavy atom. The third-order valence-corrected chi connectivity index (χ3v) is 2.16. The van der Waals surface area contributed by atoms with Crippen molar-refractivity contribution in [1.29, 1.82) is 5.26 Å². The molecule has 0 aromatic carbocycles. The van der Waals surface area contributed by atoms with E-state index in [1.807, 2.05) is 13.0 Å². The van der Waals surface area contributed by atoms with Gasteiger partial charge >= 0.3 is 0 Å². The second-order valence-electron chi connectivity index (χ2n) is 3.29. The maximum atomic E-state index is 8.83. The predicted octanol–water partition coefficient (Wildman–Crippen LogP) is 1.51. The van der Waals surface area contributed by atoms with Crippen molar-refractivity contribution in [2.24, 2.45) is 0 Å². The van der Waals surface area contributed by atoms with Crippen molar-refractivity contribution in [3.05, 3.63) is 35.9 Å². The molecule has 6 heteroatoms. The number of nitriles is 1. The molecule has 0 aliphatic carbocycles. The number of anilines is 1. The first-order valence-corrected chi connectivity index (χ1v) is 5.22. The number of hydrogen-bond donors (Lipinski definition) is 1. The summed E-state index contributed by atoms with van der Waals surface area (Å²) in [5.41, 5.74) is 0.259. The third kappa shape index (κ3) is 2.58. The van der Waals surface area contributed by atoms with Gasteiger partial charge in [0, 0.05) is 18.8 Å². The van der Waals surface area contributed by atoms with Crippen LogP contribution in [0.15, 0.2) is 23.0 Å². The van der Waals surface area contributed by atoms with Gasteiger partial charge in [0.05, 0.1) is 12.7 Å². The summed E-state index contributed by atoms with van der Waals surface area (Å²) >= 11 is 0. The molecule has 0 unspecified atom stereocenters. The summed E-state index contributed by atoms with van der Waals surface area (Å²) in [5.74, 6) is 1.84. The van der Waals surface area contributed by atoms with Gasteiger partial charge in [-0.2, -0.15) is 5.26 Å². The molecule has 6 nitrogen and oxygen atoms in total. The fourth-order valence-corrected chi connectivity index (χ4v) is 1.30. The largest absolute Gasteiger partial charge is 0.444 e. The first kappa shape index (κ1) is 11.1. The lowest BCUT2D eigenvalue weighted by molar-refractivity contribution is 0.465. The standard InChI is InChI=1S/C11H11N5O/c1-2-8-6-15-10(17-8)7-16-11-9(5-12)13-3-4-14-11/h3-4,6H,2,7H2,1H3,(H,14,16). The van der Waals surface area contributed by atoms with Crippen molar-refractivity contribution in [3.8, 4) is 6.07 Å². The first-order valence-electron chi connectivity index (χ1n) is 5.22. The van der Waals surface area contributed by atoms with E-state index < -0.39 is 0 Å². The van der Waals surface area contributed by atoms with Crippen molar-refractivity contribution >= 4 is 5.82 Å². The fraction of sp³-hybridized carbons (Fsp3) is 0.273. The minimum Gasteiger partial charge on any atom is -0.444 e. The fourth-order valence-electron chi connectivity index (χ4n) is 1.30. The normalized spacial score (nSPS) is 9.88. The Kier molecular flexibility index (Phi) is 3.31. The second kappa shape index (κ2) is 5.07. The molecule has 0 amide bonds. The zero-order chi connectivity index (χ0) is 12.1. The molecule has 0 aliphatic rings. The van der Waals surface area contributed by atoms with E-state index in [2.05, 4.69) is 20.3 Å². The van der Waals surface area contributed by atoms with Gasteiger partial charge < -0.3 is 9.73 Å². The SMILES string of the molecule is CCc1cnc(CNc2nccnc2C#N)o1. The Labute approximate surface area is 98.3 Å². The van der Waals surface area contributed by atoms with Crippen LogP contribution in [0, 0.1) is 11.3 Å². The zero-order valence-electron chi connectivity index (χ0n) is 9.34. The molecule has 2 rings (SSSR count). The highest BCUT2D eigenvalue weighted by atomic mass is 16.4. The van der Waals surface area contributed by atoms with Crippen molar-refractivity contribution in [3.63, 3.8) is 0 Å². The van der Waals surface area contributed by atoms with E-state index in [0.717, 1.165) is 12.2 Å². The maximum absolute atomic E-state index is 8.83. The van der Waals surface area contributed by atoms with Crippen molar-refractivity contribution in [1.82, 2.24) is 15.0 Å². The van der Waals surface area contributed by atoms with Gasteiger partial charge in [-0.05, 0) is 0 Å². The molecule has 17 heavy (non-hydrogen) atoms. The zero-order valence-corrected chi connectivity index (χ0v) is 9.34. The molecule has 0 spiro atoms. The van der Waals surface area contributed by atoms with Gasteiger partial charge in [-0.25, -0.2) is 15.0 Å². The molecular formula is C11H11N5O. The number of nitrogens with zero attached hydrogens (tertiary/aromatic N) is 4. The van der Waals surface area contributed by atoms with Crippen molar-refractivity contribution in [2.45, 2.75) is 19.9 Å². The predicted molar refractivity (Wildman–Crippen MR) is 60.0 cm³/mol. The maximum Gasteiger partial charge on any atom is 0.213 e. The van der Waals surface area contributed by atoms with Gasteiger partial charge in [0.25, 0.3) is 0 Å². The molecule has 2 heterocycles. The number of hydrogen-bond acceptors (Lipinski definition) is 6. The topological polar surface area (TPSA) is 87.6 Å². The van der Waals surface area contributed by atoms with Gasteiger partial charge in [0.2, 0.25) is 5.89 Å². The molecular weight excluding hydrogens is 218 g/mol. The van der Waals surface area contributed by atoms with Crippen LogP contribution in [0.5, 0.6) is 0 Å². The van der Waals surface area contributed by atoms with Gasteiger partial charge in [0.15, 0.2) is 11.5 Å². The lowest BCUT2D eigenvalue weighted by Gasteiger charge is -2.02. The molecule has 2 aromatic heterocycles. The highest BCUT2D eigenvalue weighted by Crippen LogP contribution is 2.09. The van der Waals surface area contributed by atoms with Gasteiger partial charge in [-0.3, -0.25) is 0 Å². The van der Waals surface area contributed by atoms with Gasteiger partial charge in [-0.1, -0.05) is 6.92 Å². The van der Waals surface area contributed by atoms with E-state index in [1.165, 1.54) is 12.4 Å². The summed E-state index contributed by atoms with van der Waals surface area (Å²) in [6.07, 6.45) is 5.50. The Morgan fingerprint density at radius 3 is 2.88 bits per heavy atom. The molecule has 0 atom stereocenters. The van der Waals surface area contributed by atoms with Crippen LogP contribution in [0.25, 0.3) is 0 Å². The van der Waals surface area contributed by atoms with Crippen LogP contribution < -0.4 is 5.32 Å². The average Bonchev–Trinajstić information content (AvgIpc) is 2.84. The molecule has 2 aromatic rings. The lowest BCUT2D eigenvalue weighted by Crippen LogP contribution is -2.04. The third-order valence-electron chi connectivity index (χ3n) is 2.16. The van der Waals surface area contributed by atoms with Crippen LogP contribution in [-0.4, -0.2) is 15.0 Å². The summed E-state index contributed by atoms with van der Waals surface area (Å²) in [5, 5.41) is 11.8. The number of aryl methyl sites for hydroxylation is 1. The smallest absolute Gasteiger partial charge is 0.213 e. The Morgan fingerprint density at radius 2 is 2.18 bits per heavy atom. The van der Waals surface area contributed by atoms with Crippen molar-refractivity contribution in [2.75, 3.05) is 5.32 Å². The first-order chi connectivity index (χ1) is 8.33. The van der Waals surface area contributed by atoms with Crippen LogP contribution in [0.1, 0.15) is 24.3 Å². The molecule has 0 saturated heterocycles. The quantitative estimate of drug-likeness (QED) is 0.854. The monoisotopic (exact) mass is 229 g/mol. The van der Waals surface area contributed by atoms with E-state index in [1.54, 1.807) is 6.20 Å². The number of rotatable bonds is 4. The van der Waals surface area contributed by atoms with Crippen LogP contribution in [0.3, 0.4) is 0 Å². The minimum atomic E-state index is 0.259. The van der Waals surface area contributed by atoms with Crippen LogP contribution in [-0.2, 0) is 13.0 Å². The van der Waals surface area contributed by atoms with E-state index in [4.69, 9.17) is 9.68 Å². The summed E-state index contributed by atoms with van der Waals surface area (Å²) in [4.78, 5) is 12.0. The number of oxazole rings is 1. The molecule has 1 N–H and O–H groups in total. The molecule has 0 fully saturated rings. The van der Waals surface area contributed by atoms with E-state index in [-0.39, 0.29) is 5.69 Å². The highest BCUT2D eigenvalue weighted by Gasteiger charge is 2.06. The highest BCUT2D eigenvalue weighted by molar-refractivity contribution is 5.46. The van der Waals surface area contributed by atoms with Crippen LogP contribution in [0.2, 0.25) is 0 Å².